The summed E-state index contributed by atoms with van der Waals surface area (Å²) in [6.07, 6.45) is 6.17. The molecule has 0 unspecified atom stereocenters. The van der Waals surface area contributed by atoms with E-state index in [1.165, 1.54) is 12.5 Å². The molecule has 2 aromatic carbocycles. The lowest BCUT2D eigenvalue weighted by atomic mass is 9.83. The number of nitrogens with one attached hydrogen (secondary N) is 1. The van der Waals surface area contributed by atoms with Gasteiger partial charge in [-0.15, -0.1) is 0 Å². The van der Waals surface area contributed by atoms with Gasteiger partial charge < -0.3 is 24.9 Å². The number of hydrogen-bond acceptors (Lipinski definition) is 8. The van der Waals surface area contributed by atoms with Crippen molar-refractivity contribution in [2.45, 2.75) is 64.9 Å². The number of hydrogen-bond donors (Lipinski definition) is 1. The molecule has 0 aromatic heterocycles. The van der Waals surface area contributed by atoms with Crippen LogP contribution in [-0.4, -0.2) is 121 Å². The van der Waals surface area contributed by atoms with Gasteiger partial charge in [-0.3, -0.25) is 19.3 Å². The number of piperazine rings is 1. The molecule has 2 aromatic rings. The van der Waals surface area contributed by atoms with Gasteiger partial charge in [0.25, 0.3) is 5.91 Å². The molecule has 12 heteroatoms. The van der Waals surface area contributed by atoms with Crippen LogP contribution in [0.3, 0.4) is 0 Å². The number of benzene rings is 2. The van der Waals surface area contributed by atoms with E-state index in [4.69, 9.17) is 4.74 Å². The molecule has 0 atom stereocenters. The fourth-order valence-corrected chi connectivity index (χ4v) is 7.38. The molecule has 0 spiro atoms. The first-order chi connectivity index (χ1) is 24.4. The highest BCUT2D eigenvalue weighted by Gasteiger charge is 2.31. The van der Waals surface area contributed by atoms with Crippen LogP contribution in [0.2, 0.25) is 0 Å². The summed E-state index contributed by atoms with van der Waals surface area (Å²) >= 11 is 0. The molecule has 1 N–H and O–H groups in total. The second-order valence-electron chi connectivity index (χ2n) is 15.0. The molecule has 5 rings (SSSR count). The minimum Gasteiger partial charge on any atom is -0.444 e. The van der Waals surface area contributed by atoms with Gasteiger partial charge in [0.1, 0.15) is 11.4 Å². The molecule has 0 bridgehead atoms. The molecule has 3 amide bonds. The molecule has 11 nitrogen and oxygen atoms in total. The van der Waals surface area contributed by atoms with E-state index >= 15 is 0 Å². The van der Waals surface area contributed by atoms with Crippen molar-refractivity contribution in [1.29, 1.82) is 0 Å². The Balaban J connectivity index is 1.05. The number of nitrogens with zero attached hydrogens (tertiary/aromatic N) is 5. The number of rotatable bonds is 10. The number of halogens is 1. The van der Waals surface area contributed by atoms with Crippen molar-refractivity contribution in [3.8, 4) is 0 Å². The third kappa shape index (κ3) is 10.4. The maximum atomic E-state index is 15.0. The lowest BCUT2D eigenvalue weighted by molar-refractivity contribution is -0.134. The Morgan fingerprint density at radius 3 is 2.12 bits per heavy atom. The number of piperidine rings is 2. The minimum atomic E-state index is -0.600. The van der Waals surface area contributed by atoms with Crippen molar-refractivity contribution in [2.75, 3.05) is 66.0 Å². The van der Waals surface area contributed by atoms with Gasteiger partial charge in [0.2, 0.25) is 5.91 Å². The molecule has 51 heavy (non-hydrogen) atoms. The van der Waals surface area contributed by atoms with E-state index in [0.29, 0.717) is 73.4 Å². The summed E-state index contributed by atoms with van der Waals surface area (Å²) in [5, 5.41) is 4.36. The molecular formula is C39H53FN6O5. The number of aldehydes is 1. The van der Waals surface area contributed by atoms with Gasteiger partial charge in [0, 0.05) is 63.9 Å². The Morgan fingerprint density at radius 1 is 0.863 bits per heavy atom. The standard InChI is InChI=1S/C39H53FN6O5/c1-39(2,3)51-38(50)46-17-13-29(14-18-46)23-28-11-15-43(16-12-28)26-36(48)44-19-21-45(22-20-44)37(49)33-24-30(9-10-34(33)40)25-35(42-41-4)32-8-6-5-7-31(32)27-47/h5-10,24,27-29,41H,11-23,25-26H2,1-4H3/b42-35-. The van der Waals surface area contributed by atoms with E-state index in [2.05, 4.69) is 15.4 Å². The first-order valence-corrected chi connectivity index (χ1v) is 18.3. The molecule has 3 saturated heterocycles. The predicted molar refractivity (Wildman–Crippen MR) is 194 cm³/mol. The number of carbonyl (C=O) groups is 4. The van der Waals surface area contributed by atoms with Gasteiger partial charge in [-0.25, -0.2) is 9.18 Å². The quantitative estimate of drug-likeness (QED) is 0.214. The van der Waals surface area contributed by atoms with Crippen LogP contribution < -0.4 is 5.43 Å². The topological polar surface area (TPSA) is 115 Å². The zero-order valence-corrected chi connectivity index (χ0v) is 30.5. The number of amides is 3. The van der Waals surface area contributed by atoms with Crippen LogP contribution in [0.5, 0.6) is 0 Å². The van der Waals surface area contributed by atoms with Crippen molar-refractivity contribution < 1.29 is 28.3 Å². The SMILES string of the molecule is CN/N=C(/Cc1ccc(F)c(C(=O)N2CCN(C(=O)CN3CCC(CC4CCN(C(=O)OC(C)(C)C)CC4)CC3)CC2)c1)c1ccccc1C=O. The highest BCUT2D eigenvalue weighted by atomic mass is 19.1. The van der Waals surface area contributed by atoms with E-state index in [9.17, 15) is 23.6 Å². The molecule has 3 aliphatic heterocycles. The molecule has 3 aliphatic rings. The van der Waals surface area contributed by atoms with Gasteiger partial charge in [-0.2, -0.15) is 5.10 Å². The molecule has 0 radical (unpaired) electrons. The smallest absolute Gasteiger partial charge is 0.410 e. The number of likely N-dealkylation sites (tertiary alicyclic amines) is 2. The monoisotopic (exact) mass is 704 g/mol. The van der Waals surface area contributed by atoms with Gasteiger partial charge >= 0.3 is 6.09 Å². The van der Waals surface area contributed by atoms with Gasteiger partial charge in [0.15, 0.2) is 6.29 Å². The van der Waals surface area contributed by atoms with Crippen LogP contribution >= 0.6 is 0 Å². The van der Waals surface area contributed by atoms with Crippen LogP contribution in [0.4, 0.5) is 9.18 Å². The first kappa shape index (κ1) is 37.9. The Kier molecular flexibility index (Phi) is 12.8. The zero-order valence-electron chi connectivity index (χ0n) is 30.5. The Hall–Kier alpha value is -4.32. The largest absolute Gasteiger partial charge is 0.444 e. The van der Waals surface area contributed by atoms with Crippen LogP contribution in [0.25, 0.3) is 0 Å². The highest BCUT2D eigenvalue weighted by Crippen LogP contribution is 2.30. The maximum absolute atomic E-state index is 15.0. The lowest BCUT2D eigenvalue weighted by Gasteiger charge is -2.38. The Labute approximate surface area is 301 Å². The van der Waals surface area contributed by atoms with Crippen LogP contribution in [0, 0.1) is 17.7 Å². The fourth-order valence-electron chi connectivity index (χ4n) is 7.38. The summed E-state index contributed by atoms with van der Waals surface area (Å²) in [5.41, 5.74) is 4.73. The molecule has 3 heterocycles. The van der Waals surface area contributed by atoms with Crippen LogP contribution in [0.15, 0.2) is 47.6 Å². The Morgan fingerprint density at radius 2 is 1.49 bits per heavy atom. The second kappa shape index (κ2) is 17.3. The van der Waals surface area contributed by atoms with E-state index in [1.807, 2.05) is 36.6 Å². The first-order valence-electron chi connectivity index (χ1n) is 18.3. The number of carbonyl (C=O) groups excluding carboxylic acids is 4. The van der Waals surface area contributed by atoms with E-state index in [1.54, 1.807) is 42.3 Å². The number of hydrazone groups is 1. The maximum Gasteiger partial charge on any atom is 0.410 e. The zero-order chi connectivity index (χ0) is 36.5. The highest BCUT2D eigenvalue weighted by molar-refractivity contribution is 6.07. The van der Waals surface area contributed by atoms with Gasteiger partial charge in [0.05, 0.1) is 17.8 Å². The average Bonchev–Trinajstić information content (AvgIpc) is 3.12. The molecular weight excluding hydrogens is 651 g/mol. The summed E-state index contributed by atoms with van der Waals surface area (Å²) in [4.78, 5) is 58.2. The third-order valence-corrected chi connectivity index (χ3v) is 10.2. The van der Waals surface area contributed by atoms with Gasteiger partial charge in [-0.05, 0) is 95.5 Å². The van der Waals surface area contributed by atoms with Crippen molar-refractivity contribution in [3.05, 3.63) is 70.5 Å². The summed E-state index contributed by atoms with van der Waals surface area (Å²) in [6.45, 7) is 10.8. The fraction of sp³-hybridized carbons (Fsp3) is 0.564. The average molecular weight is 705 g/mol. The van der Waals surface area contributed by atoms with Gasteiger partial charge in [-0.1, -0.05) is 30.3 Å². The number of ether oxygens (including phenoxy) is 1. The second-order valence-corrected chi connectivity index (χ2v) is 15.0. The molecule has 0 aliphatic carbocycles. The summed E-state index contributed by atoms with van der Waals surface area (Å²) in [6, 6.07) is 11.6. The third-order valence-electron chi connectivity index (χ3n) is 10.2. The lowest BCUT2D eigenvalue weighted by Crippen LogP contribution is -2.53. The molecule has 0 saturated carbocycles. The molecule has 276 valence electrons. The molecule has 3 fully saturated rings. The van der Waals surface area contributed by atoms with E-state index in [-0.39, 0.29) is 17.6 Å². The van der Waals surface area contributed by atoms with Crippen molar-refractivity contribution in [3.63, 3.8) is 0 Å². The van der Waals surface area contributed by atoms with Crippen molar-refractivity contribution in [1.82, 2.24) is 25.0 Å². The normalized spacial score (nSPS) is 18.5. The van der Waals surface area contributed by atoms with Crippen LogP contribution in [-0.2, 0) is 16.0 Å². The Bertz CT molecular complexity index is 1570. The summed E-state index contributed by atoms with van der Waals surface area (Å²) in [5.74, 6) is 0.316. The van der Waals surface area contributed by atoms with Crippen LogP contribution in [0.1, 0.15) is 84.7 Å². The minimum absolute atomic E-state index is 0.0174. The van der Waals surface area contributed by atoms with Crippen molar-refractivity contribution >= 4 is 29.9 Å². The van der Waals surface area contributed by atoms with E-state index < -0.39 is 17.3 Å². The summed E-state index contributed by atoms with van der Waals surface area (Å²) in [7, 11) is 1.67. The predicted octanol–water partition coefficient (Wildman–Crippen LogP) is 4.84. The summed E-state index contributed by atoms with van der Waals surface area (Å²) < 4.78 is 20.5. The van der Waals surface area contributed by atoms with E-state index in [0.717, 1.165) is 58.1 Å². The van der Waals surface area contributed by atoms with Crippen molar-refractivity contribution in [2.24, 2.45) is 16.9 Å².